The molecular formula is C13H17N3O4. The van der Waals surface area contributed by atoms with Gasteiger partial charge in [-0.15, -0.1) is 0 Å². The van der Waals surface area contributed by atoms with Crippen LogP contribution in [0, 0.1) is 0 Å². The van der Waals surface area contributed by atoms with Gasteiger partial charge in [-0.3, -0.25) is 5.10 Å². The SMILES string of the molecule is OCc1ccc(CN[C@H]2COC[C@H]2Oc2cn[nH]c2)o1. The number of rotatable bonds is 6. The molecule has 0 spiro atoms. The van der Waals surface area contributed by atoms with Crippen LogP contribution in [0.1, 0.15) is 11.5 Å². The molecular weight excluding hydrogens is 262 g/mol. The zero-order chi connectivity index (χ0) is 13.8. The summed E-state index contributed by atoms with van der Waals surface area (Å²) in [6.07, 6.45) is 3.28. The van der Waals surface area contributed by atoms with E-state index < -0.39 is 0 Å². The normalized spacial score (nSPS) is 22.2. The average molecular weight is 279 g/mol. The molecule has 0 aliphatic carbocycles. The minimum atomic E-state index is -0.0846. The number of hydrogen-bond acceptors (Lipinski definition) is 6. The number of aliphatic hydroxyl groups excluding tert-OH is 1. The minimum Gasteiger partial charge on any atom is -0.483 e. The van der Waals surface area contributed by atoms with Crippen LogP contribution in [0.4, 0.5) is 0 Å². The summed E-state index contributed by atoms with van der Waals surface area (Å²) in [5, 5.41) is 18.9. The number of aromatic nitrogens is 2. The predicted molar refractivity (Wildman–Crippen MR) is 69.1 cm³/mol. The molecule has 0 aromatic carbocycles. The van der Waals surface area contributed by atoms with E-state index in [9.17, 15) is 0 Å². The van der Waals surface area contributed by atoms with Gasteiger partial charge in [0.1, 0.15) is 24.2 Å². The van der Waals surface area contributed by atoms with Gasteiger partial charge in [-0.25, -0.2) is 0 Å². The van der Waals surface area contributed by atoms with Gasteiger partial charge in [0.15, 0.2) is 5.75 Å². The largest absolute Gasteiger partial charge is 0.483 e. The van der Waals surface area contributed by atoms with Gasteiger partial charge >= 0.3 is 0 Å². The minimum absolute atomic E-state index is 0.0557. The Morgan fingerprint density at radius 3 is 3.05 bits per heavy atom. The van der Waals surface area contributed by atoms with Crippen molar-refractivity contribution in [1.29, 1.82) is 0 Å². The zero-order valence-corrected chi connectivity index (χ0v) is 10.9. The molecule has 2 aromatic heterocycles. The average Bonchev–Trinajstić information content (AvgIpc) is 3.19. The lowest BCUT2D eigenvalue weighted by Gasteiger charge is -2.19. The van der Waals surface area contributed by atoms with E-state index >= 15 is 0 Å². The van der Waals surface area contributed by atoms with E-state index in [4.69, 9.17) is 19.0 Å². The van der Waals surface area contributed by atoms with Crippen LogP contribution in [-0.2, 0) is 17.9 Å². The van der Waals surface area contributed by atoms with Gasteiger partial charge in [-0.05, 0) is 12.1 Å². The second-order valence-electron chi connectivity index (χ2n) is 4.64. The van der Waals surface area contributed by atoms with Crippen molar-refractivity contribution < 1.29 is 19.0 Å². The third kappa shape index (κ3) is 3.01. The topological polar surface area (TPSA) is 92.5 Å². The first kappa shape index (κ1) is 13.2. The van der Waals surface area contributed by atoms with Gasteiger partial charge in [0.05, 0.1) is 38.2 Å². The Morgan fingerprint density at radius 2 is 2.30 bits per heavy atom. The van der Waals surface area contributed by atoms with Gasteiger partial charge in [-0.2, -0.15) is 5.10 Å². The summed E-state index contributed by atoms with van der Waals surface area (Å²) in [7, 11) is 0. The fourth-order valence-corrected chi connectivity index (χ4v) is 2.15. The fraction of sp³-hybridized carbons (Fsp3) is 0.462. The molecule has 2 aromatic rings. The molecule has 2 atom stereocenters. The third-order valence-corrected chi connectivity index (χ3v) is 3.20. The molecule has 0 amide bonds. The van der Waals surface area contributed by atoms with Crippen LogP contribution in [0.15, 0.2) is 28.9 Å². The van der Waals surface area contributed by atoms with Crippen LogP contribution in [0.3, 0.4) is 0 Å². The zero-order valence-electron chi connectivity index (χ0n) is 10.9. The van der Waals surface area contributed by atoms with Crippen molar-refractivity contribution >= 4 is 0 Å². The van der Waals surface area contributed by atoms with Crippen LogP contribution in [0.5, 0.6) is 5.75 Å². The van der Waals surface area contributed by atoms with E-state index in [1.807, 2.05) is 6.07 Å². The summed E-state index contributed by atoms with van der Waals surface area (Å²) in [4.78, 5) is 0. The van der Waals surface area contributed by atoms with E-state index in [-0.39, 0.29) is 18.8 Å². The van der Waals surface area contributed by atoms with Crippen LogP contribution >= 0.6 is 0 Å². The number of furan rings is 1. The van der Waals surface area contributed by atoms with Crippen molar-refractivity contribution in [3.8, 4) is 5.75 Å². The smallest absolute Gasteiger partial charge is 0.157 e. The van der Waals surface area contributed by atoms with E-state index in [2.05, 4.69) is 15.5 Å². The molecule has 3 heterocycles. The number of aromatic amines is 1. The molecule has 1 saturated heterocycles. The summed E-state index contributed by atoms with van der Waals surface area (Å²) >= 11 is 0. The van der Waals surface area contributed by atoms with E-state index in [0.29, 0.717) is 31.3 Å². The first-order valence-corrected chi connectivity index (χ1v) is 6.50. The van der Waals surface area contributed by atoms with Gasteiger partial charge in [0, 0.05) is 0 Å². The maximum absolute atomic E-state index is 8.95. The van der Waals surface area contributed by atoms with Gasteiger partial charge in [0.25, 0.3) is 0 Å². The molecule has 3 N–H and O–H groups in total. The number of aliphatic hydroxyl groups is 1. The molecule has 0 unspecified atom stereocenters. The molecule has 108 valence electrons. The van der Waals surface area contributed by atoms with Crippen molar-refractivity contribution in [2.75, 3.05) is 13.2 Å². The molecule has 7 heteroatoms. The van der Waals surface area contributed by atoms with Crippen LogP contribution < -0.4 is 10.1 Å². The lowest BCUT2D eigenvalue weighted by atomic mass is 10.2. The Hall–Kier alpha value is -1.83. The maximum Gasteiger partial charge on any atom is 0.157 e. The van der Waals surface area contributed by atoms with Gasteiger partial charge < -0.3 is 24.3 Å². The Morgan fingerprint density at radius 1 is 1.40 bits per heavy atom. The van der Waals surface area contributed by atoms with Crippen LogP contribution in [0.2, 0.25) is 0 Å². The van der Waals surface area contributed by atoms with E-state index in [1.165, 1.54) is 0 Å². The lowest BCUT2D eigenvalue weighted by Crippen LogP contribution is -2.41. The third-order valence-electron chi connectivity index (χ3n) is 3.20. The second-order valence-corrected chi connectivity index (χ2v) is 4.64. The van der Waals surface area contributed by atoms with Gasteiger partial charge in [-0.1, -0.05) is 0 Å². The standard InChI is InChI=1S/C13H17N3O4/c17-6-10-2-1-9(19-10)3-14-12-7-18-8-13(12)20-11-4-15-16-5-11/h1-2,4-5,12-14,17H,3,6-8H2,(H,15,16)/t12-,13+/m0/s1. The molecule has 0 radical (unpaired) electrons. The first-order chi connectivity index (χ1) is 9.85. The van der Waals surface area contributed by atoms with Crippen molar-refractivity contribution in [2.24, 2.45) is 0 Å². The Balaban J connectivity index is 1.53. The fourth-order valence-electron chi connectivity index (χ4n) is 2.15. The van der Waals surface area contributed by atoms with Crippen LogP contribution in [0.25, 0.3) is 0 Å². The Kier molecular flexibility index (Phi) is 4.00. The van der Waals surface area contributed by atoms with E-state index in [0.717, 1.165) is 5.76 Å². The van der Waals surface area contributed by atoms with E-state index in [1.54, 1.807) is 18.5 Å². The van der Waals surface area contributed by atoms with Crippen molar-refractivity contribution in [2.45, 2.75) is 25.3 Å². The maximum atomic E-state index is 8.95. The first-order valence-electron chi connectivity index (χ1n) is 6.50. The van der Waals surface area contributed by atoms with Crippen molar-refractivity contribution in [1.82, 2.24) is 15.5 Å². The van der Waals surface area contributed by atoms with Crippen LogP contribution in [-0.4, -0.2) is 40.7 Å². The summed E-state index contributed by atoms with van der Waals surface area (Å²) in [5.74, 6) is 2.05. The molecule has 0 saturated carbocycles. The number of ether oxygens (including phenoxy) is 2. The molecule has 7 nitrogen and oxygen atoms in total. The molecule has 1 aliphatic rings. The highest BCUT2D eigenvalue weighted by Crippen LogP contribution is 2.16. The molecule has 0 bridgehead atoms. The predicted octanol–water partition coefficient (Wildman–Crippen LogP) is 0.431. The van der Waals surface area contributed by atoms with Crippen molar-refractivity contribution in [3.63, 3.8) is 0 Å². The highest BCUT2D eigenvalue weighted by Gasteiger charge is 2.30. The van der Waals surface area contributed by atoms with Crippen molar-refractivity contribution in [3.05, 3.63) is 36.0 Å². The Labute approximate surface area is 115 Å². The summed E-state index contributed by atoms with van der Waals surface area (Å²) in [6, 6.07) is 3.70. The number of nitrogens with one attached hydrogen (secondary N) is 2. The number of nitrogens with zero attached hydrogens (tertiary/aromatic N) is 1. The lowest BCUT2D eigenvalue weighted by molar-refractivity contribution is 0.139. The Bertz CT molecular complexity index is 525. The summed E-state index contributed by atoms with van der Waals surface area (Å²) < 4.78 is 16.7. The summed E-state index contributed by atoms with van der Waals surface area (Å²) in [5.41, 5.74) is 0. The molecule has 1 aliphatic heterocycles. The van der Waals surface area contributed by atoms with Gasteiger partial charge in [0.2, 0.25) is 0 Å². The molecule has 1 fully saturated rings. The quantitative estimate of drug-likeness (QED) is 0.710. The second kappa shape index (κ2) is 6.08. The highest BCUT2D eigenvalue weighted by molar-refractivity contribution is 5.12. The molecule has 20 heavy (non-hydrogen) atoms. The highest BCUT2D eigenvalue weighted by atomic mass is 16.5. The molecule has 3 rings (SSSR count). The number of hydrogen-bond donors (Lipinski definition) is 3. The monoisotopic (exact) mass is 279 g/mol. The number of H-pyrrole nitrogens is 1. The summed E-state index contributed by atoms with van der Waals surface area (Å²) in [6.45, 7) is 1.62.